The number of benzene rings is 3. The van der Waals surface area contributed by atoms with Crippen molar-refractivity contribution in [1.29, 1.82) is 0 Å². The van der Waals surface area contributed by atoms with Gasteiger partial charge in [0.1, 0.15) is 11.5 Å². The predicted molar refractivity (Wildman–Crippen MR) is 124 cm³/mol. The summed E-state index contributed by atoms with van der Waals surface area (Å²) in [5.41, 5.74) is 2.28. The van der Waals surface area contributed by atoms with E-state index in [2.05, 4.69) is 15.9 Å². The van der Waals surface area contributed by atoms with E-state index in [9.17, 15) is 4.79 Å². The number of anilines is 1. The van der Waals surface area contributed by atoms with E-state index in [0.29, 0.717) is 28.7 Å². The normalized spacial score (nSPS) is 10.8. The van der Waals surface area contributed by atoms with Crippen LogP contribution in [0.5, 0.6) is 11.5 Å². The third-order valence-corrected chi connectivity index (χ3v) is 6.17. The minimum atomic E-state index is -0.201. The average molecular weight is 483 g/mol. The third-order valence-electron chi connectivity index (χ3n) is 4.64. The zero-order valence-corrected chi connectivity index (χ0v) is 18.9. The van der Waals surface area contributed by atoms with Crippen molar-refractivity contribution in [2.75, 3.05) is 19.1 Å². The Hall–Kier alpha value is -2.90. The van der Waals surface area contributed by atoms with Crippen LogP contribution in [0.2, 0.25) is 0 Å². The summed E-state index contributed by atoms with van der Waals surface area (Å²) >= 11 is 4.98. The van der Waals surface area contributed by atoms with Gasteiger partial charge in [-0.2, -0.15) is 0 Å². The SMILES string of the molecule is COc1ccc(OC)c(C(=O)N(Cc2ccccc2)c2nc3ccc(Br)cc3s2)c1. The van der Waals surface area contributed by atoms with Gasteiger partial charge in [0, 0.05) is 4.47 Å². The first-order chi connectivity index (χ1) is 14.6. The molecule has 0 bridgehead atoms. The first-order valence-electron chi connectivity index (χ1n) is 9.23. The summed E-state index contributed by atoms with van der Waals surface area (Å²) in [6.07, 6.45) is 0. The highest BCUT2D eigenvalue weighted by molar-refractivity contribution is 9.10. The molecule has 4 aromatic rings. The van der Waals surface area contributed by atoms with Gasteiger partial charge in [-0.15, -0.1) is 0 Å². The molecule has 4 rings (SSSR count). The summed E-state index contributed by atoms with van der Waals surface area (Å²) in [5, 5.41) is 0.627. The smallest absolute Gasteiger partial charge is 0.264 e. The van der Waals surface area contributed by atoms with E-state index in [-0.39, 0.29) is 5.91 Å². The number of hydrogen-bond acceptors (Lipinski definition) is 5. The number of carbonyl (C=O) groups is 1. The van der Waals surface area contributed by atoms with Gasteiger partial charge in [-0.1, -0.05) is 57.6 Å². The molecule has 0 aliphatic carbocycles. The number of fused-ring (bicyclic) bond motifs is 1. The molecule has 7 heteroatoms. The van der Waals surface area contributed by atoms with E-state index in [0.717, 1.165) is 20.3 Å². The molecular formula is C23H19BrN2O3S. The van der Waals surface area contributed by atoms with Gasteiger partial charge in [-0.05, 0) is 42.0 Å². The average Bonchev–Trinajstić information content (AvgIpc) is 3.20. The number of halogens is 1. The molecule has 1 amide bonds. The molecule has 0 saturated carbocycles. The van der Waals surface area contributed by atoms with Crippen molar-refractivity contribution in [1.82, 2.24) is 4.98 Å². The number of carbonyl (C=O) groups excluding carboxylic acids is 1. The molecule has 0 radical (unpaired) electrons. The lowest BCUT2D eigenvalue weighted by molar-refractivity contribution is 0.0982. The molecule has 0 spiro atoms. The number of nitrogens with zero attached hydrogens (tertiary/aromatic N) is 2. The van der Waals surface area contributed by atoms with Gasteiger partial charge < -0.3 is 9.47 Å². The molecule has 0 N–H and O–H groups in total. The summed E-state index contributed by atoms with van der Waals surface area (Å²) in [7, 11) is 3.12. The number of methoxy groups -OCH3 is 2. The van der Waals surface area contributed by atoms with Crippen LogP contribution < -0.4 is 14.4 Å². The summed E-state index contributed by atoms with van der Waals surface area (Å²) < 4.78 is 12.8. The molecule has 1 aromatic heterocycles. The van der Waals surface area contributed by atoms with Crippen LogP contribution in [-0.4, -0.2) is 25.1 Å². The fourth-order valence-electron chi connectivity index (χ4n) is 3.12. The minimum absolute atomic E-state index is 0.201. The van der Waals surface area contributed by atoms with Gasteiger partial charge >= 0.3 is 0 Å². The topological polar surface area (TPSA) is 51.7 Å². The summed E-state index contributed by atoms with van der Waals surface area (Å²) in [6, 6.07) is 21.0. The van der Waals surface area contributed by atoms with E-state index in [4.69, 9.17) is 14.5 Å². The number of rotatable bonds is 6. The Morgan fingerprint density at radius 2 is 1.83 bits per heavy atom. The van der Waals surface area contributed by atoms with Crippen LogP contribution in [0.4, 0.5) is 5.13 Å². The van der Waals surface area contributed by atoms with Crippen molar-refractivity contribution < 1.29 is 14.3 Å². The largest absolute Gasteiger partial charge is 0.497 e. The van der Waals surface area contributed by atoms with Crippen LogP contribution in [0.1, 0.15) is 15.9 Å². The van der Waals surface area contributed by atoms with Crippen LogP contribution in [0.3, 0.4) is 0 Å². The van der Waals surface area contributed by atoms with Gasteiger partial charge in [0.05, 0.1) is 36.5 Å². The second kappa shape index (κ2) is 8.85. The lowest BCUT2D eigenvalue weighted by Crippen LogP contribution is -2.30. The van der Waals surface area contributed by atoms with Crippen molar-refractivity contribution in [2.45, 2.75) is 6.54 Å². The summed E-state index contributed by atoms with van der Waals surface area (Å²) in [6.45, 7) is 0.390. The standard InChI is InChI=1S/C23H19BrN2O3S/c1-28-17-9-11-20(29-2)18(13-17)22(27)26(14-15-6-4-3-5-7-15)23-25-19-10-8-16(24)12-21(19)30-23/h3-13H,14H2,1-2H3. The lowest BCUT2D eigenvalue weighted by Gasteiger charge is -2.21. The van der Waals surface area contributed by atoms with Crippen LogP contribution in [0.25, 0.3) is 10.2 Å². The van der Waals surface area contributed by atoms with Crippen LogP contribution in [-0.2, 0) is 6.54 Å². The molecule has 0 unspecified atom stereocenters. The maximum atomic E-state index is 13.7. The molecular weight excluding hydrogens is 464 g/mol. The Morgan fingerprint density at radius 3 is 2.57 bits per heavy atom. The van der Waals surface area contributed by atoms with Gasteiger partial charge in [0.15, 0.2) is 5.13 Å². The van der Waals surface area contributed by atoms with E-state index in [1.807, 2.05) is 48.5 Å². The molecule has 152 valence electrons. The van der Waals surface area contributed by atoms with Crippen LogP contribution in [0, 0.1) is 0 Å². The van der Waals surface area contributed by atoms with Crippen molar-refractivity contribution in [3.63, 3.8) is 0 Å². The van der Waals surface area contributed by atoms with E-state index >= 15 is 0 Å². The molecule has 0 atom stereocenters. The molecule has 0 saturated heterocycles. The Bertz CT molecular complexity index is 1190. The van der Waals surface area contributed by atoms with Gasteiger partial charge in [0.2, 0.25) is 0 Å². The number of thiazole rings is 1. The monoisotopic (exact) mass is 482 g/mol. The van der Waals surface area contributed by atoms with Crippen molar-refractivity contribution in [3.8, 4) is 11.5 Å². The predicted octanol–water partition coefficient (Wildman–Crippen LogP) is 5.92. The zero-order chi connectivity index (χ0) is 21.1. The Labute approximate surface area is 187 Å². The van der Waals surface area contributed by atoms with E-state index in [1.165, 1.54) is 11.3 Å². The highest BCUT2D eigenvalue weighted by atomic mass is 79.9. The molecule has 3 aromatic carbocycles. The zero-order valence-electron chi connectivity index (χ0n) is 16.5. The van der Waals surface area contributed by atoms with E-state index < -0.39 is 0 Å². The van der Waals surface area contributed by atoms with Crippen molar-refractivity contribution >= 4 is 48.5 Å². The fraction of sp³-hybridized carbons (Fsp3) is 0.130. The maximum Gasteiger partial charge on any atom is 0.264 e. The minimum Gasteiger partial charge on any atom is -0.497 e. The van der Waals surface area contributed by atoms with Gasteiger partial charge in [-0.3, -0.25) is 9.69 Å². The summed E-state index contributed by atoms with van der Waals surface area (Å²) in [4.78, 5) is 20.1. The highest BCUT2D eigenvalue weighted by Crippen LogP contribution is 2.34. The van der Waals surface area contributed by atoms with Gasteiger partial charge in [-0.25, -0.2) is 4.98 Å². The first-order valence-corrected chi connectivity index (χ1v) is 10.8. The van der Waals surface area contributed by atoms with Crippen molar-refractivity contribution in [2.24, 2.45) is 0 Å². The Morgan fingerprint density at radius 1 is 1.03 bits per heavy atom. The Balaban J connectivity index is 1.81. The second-order valence-corrected chi connectivity index (χ2v) is 8.48. The second-order valence-electron chi connectivity index (χ2n) is 6.55. The first kappa shape index (κ1) is 20.4. The van der Waals surface area contributed by atoms with Crippen LogP contribution >= 0.6 is 27.3 Å². The molecule has 5 nitrogen and oxygen atoms in total. The Kier molecular flexibility index (Phi) is 6.01. The molecule has 0 aliphatic heterocycles. The lowest BCUT2D eigenvalue weighted by atomic mass is 10.1. The fourth-order valence-corrected chi connectivity index (χ4v) is 4.64. The maximum absolute atomic E-state index is 13.7. The highest BCUT2D eigenvalue weighted by Gasteiger charge is 2.25. The summed E-state index contributed by atoms with van der Waals surface area (Å²) in [5.74, 6) is 0.877. The van der Waals surface area contributed by atoms with Gasteiger partial charge in [0.25, 0.3) is 5.91 Å². The van der Waals surface area contributed by atoms with Crippen molar-refractivity contribution in [3.05, 3.63) is 82.3 Å². The third kappa shape index (κ3) is 4.17. The molecule has 1 heterocycles. The van der Waals surface area contributed by atoms with E-state index in [1.54, 1.807) is 37.3 Å². The quantitative estimate of drug-likeness (QED) is 0.342. The molecule has 0 fully saturated rings. The number of amides is 1. The number of aromatic nitrogens is 1. The molecule has 30 heavy (non-hydrogen) atoms. The number of ether oxygens (including phenoxy) is 2. The number of hydrogen-bond donors (Lipinski definition) is 0. The molecule has 0 aliphatic rings. The van der Waals surface area contributed by atoms with Crippen LogP contribution in [0.15, 0.2) is 71.2 Å².